The fourth-order valence-electron chi connectivity index (χ4n) is 3.69. The van der Waals surface area contributed by atoms with E-state index < -0.39 is 12.1 Å². The van der Waals surface area contributed by atoms with Crippen LogP contribution in [-0.2, 0) is 14.3 Å². The highest BCUT2D eigenvalue weighted by atomic mass is 16.6. The SMILES string of the molecule is CC=C(C)C.CO.COC1CCCCC1[C@]1(C)CO1.O=C(O)CN1CCN(C(=O)O)CC1. The minimum Gasteiger partial charge on any atom is -0.480 e. The standard InChI is InChI=1S/C10H18O2.C7H12N2O4.C5H10.CH4O/c1-10(7-12-10)8-5-3-4-6-9(8)11-2;10-6(11)5-8-1-3-9(4-2-8)7(12)13;1-4-5(2)3;1-2/h8-9H,3-7H2,1-2H3;1-5H2,(H,10,11)(H,12,13);4H,1-3H3;2H,1H3/t8?,9?,10-;;;/m0.../s1. The van der Waals surface area contributed by atoms with Gasteiger partial charge in [-0.05, 0) is 40.5 Å². The molecule has 0 aromatic rings. The number of allylic oxidation sites excluding steroid dienone is 2. The highest BCUT2D eigenvalue weighted by Crippen LogP contribution is 2.43. The third kappa shape index (κ3) is 11.8. The van der Waals surface area contributed by atoms with Crippen molar-refractivity contribution in [3.05, 3.63) is 11.6 Å². The Hall–Kier alpha value is -1.68. The van der Waals surface area contributed by atoms with E-state index in [1.54, 1.807) is 4.90 Å². The van der Waals surface area contributed by atoms with Crippen LogP contribution in [0.1, 0.15) is 53.4 Å². The van der Waals surface area contributed by atoms with Gasteiger partial charge in [-0.3, -0.25) is 9.69 Å². The van der Waals surface area contributed by atoms with Gasteiger partial charge in [-0.15, -0.1) is 0 Å². The highest BCUT2D eigenvalue weighted by molar-refractivity contribution is 5.69. The zero-order chi connectivity index (χ0) is 24.7. The number of aliphatic carboxylic acids is 1. The number of piperazine rings is 1. The average Bonchev–Trinajstić information content (AvgIpc) is 3.54. The molecule has 0 spiro atoms. The zero-order valence-corrected chi connectivity index (χ0v) is 20.7. The van der Waals surface area contributed by atoms with Crippen LogP contribution in [-0.4, -0.2) is 102 Å². The summed E-state index contributed by atoms with van der Waals surface area (Å²) in [5.74, 6) is -0.222. The summed E-state index contributed by atoms with van der Waals surface area (Å²) in [7, 11) is 2.83. The number of epoxide rings is 1. The molecule has 2 heterocycles. The molecule has 1 aliphatic carbocycles. The number of carboxylic acids is 1. The number of ether oxygens (including phenoxy) is 2. The van der Waals surface area contributed by atoms with Crippen LogP contribution in [0.2, 0.25) is 0 Å². The van der Waals surface area contributed by atoms with E-state index >= 15 is 0 Å². The molecule has 3 aliphatic rings. The van der Waals surface area contributed by atoms with E-state index in [2.05, 4.69) is 26.8 Å². The molecule has 2 aliphatic heterocycles. The predicted molar refractivity (Wildman–Crippen MR) is 124 cm³/mol. The summed E-state index contributed by atoms with van der Waals surface area (Å²) < 4.78 is 11.0. The van der Waals surface area contributed by atoms with Gasteiger partial charge in [0.15, 0.2) is 0 Å². The Kier molecular flexibility index (Phi) is 15.2. The van der Waals surface area contributed by atoms with Gasteiger partial charge in [-0.2, -0.15) is 0 Å². The van der Waals surface area contributed by atoms with Crippen molar-refractivity contribution in [3.8, 4) is 0 Å². The van der Waals surface area contributed by atoms with Crippen molar-refractivity contribution < 1.29 is 34.4 Å². The third-order valence-corrected chi connectivity index (χ3v) is 5.97. The lowest BCUT2D eigenvalue weighted by Crippen LogP contribution is -2.49. The summed E-state index contributed by atoms with van der Waals surface area (Å²) in [6.45, 7) is 11.1. The van der Waals surface area contributed by atoms with Gasteiger partial charge in [0.1, 0.15) is 0 Å². The normalized spacial score (nSPS) is 26.7. The molecule has 3 rings (SSSR count). The van der Waals surface area contributed by atoms with Crippen molar-refractivity contribution in [2.24, 2.45) is 5.92 Å². The molecule has 9 heteroatoms. The fourth-order valence-corrected chi connectivity index (χ4v) is 3.69. The van der Waals surface area contributed by atoms with Gasteiger partial charge in [-0.25, -0.2) is 4.79 Å². The summed E-state index contributed by atoms with van der Waals surface area (Å²) in [6, 6.07) is 0. The summed E-state index contributed by atoms with van der Waals surface area (Å²) in [6.07, 6.45) is 6.78. The van der Waals surface area contributed by atoms with Crippen LogP contribution in [0, 0.1) is 5.92 Å². The van der Waals surface area contributed by atoms with E-state index in [0.717, 1.165) is 13.7 Å². The number of aliphatic hydroxyl groups excluding tert-OH is 1. The summed E-state index contributed by atoms with van der Waals surface area (Å²) in [5, 5.41) is 24.1. The number of carboxylic acid groups (broad SMARTS) is 2. The molecule has 188 valence electrons. The largest absolute Gasteiger partial charge is 0.480 e. The highest BCUT2D eigenvalue weighted by Gasteiger charge is 2.50. The first-order chi connectivity index (χ1) is 15.1. The monoisotopic (exact) mass is 460 g/mol. The lowest BCUT2D eigenvalue weighted by Gasteiger charge is -2.33. The van der Waals surface area contributed by atoms with Crippen molar-refractivity contribution >= 4 is 12.1 Å². The second-order valence-electron chi connectivity index (χ2n) is 8.57. The number of amides is 1. The minimum absolute atomic E-state index is 0.00649. The van der Waals surface area contributed by atoms with E-state index in [1.165, 1.54) is 36.2 Å². The van der Waals surface area contributed by atoms with Gasteiger partial charge < -0.3 is 29.7 Å². The van der Waals surface area contributed by atoms with Gasteiger partial charge in [0.25, 0.3) is 0 Å². The van der Waals surface area contributed by atoms with Gasteiger partial charge in [0.2, 0.25) is 0 Å². The number of methoxy groups -OCH3 is 1. The number of rotatable bonds is 4. The molecule has 2 unspecified atom stereocenters. The molecule has 0 bridgehead atoms. The van der Waals surface area contributed by atoms with E-state index in [-0.39, 0.29) is 12.1 Å². The lowest BCUT2D eigenvalue weighted by atomic mass is 9.78. The summed E-state index contributed by atoms with van der Waals surface area (Å²) in [4.78, 5) is 23.8. The molecule has 32 heavy (non-hydrogen) atoms. The van der Waals surface area contributed by atoms with E-state index in [9.17, 15) is 9.59 Å². The van der Waals surface area contributed by atoms with Crippen LogP contribution < -0.4 is 0 Å². The van der Waals surface area contributed by atoms with Crippen molar-refractivity contribution in [1.29, 1.82) is 0 Å². The second-order valence-corrected chi connectivity index (χ2v) is 8.57. The Morgan fingerprint density at radius 3 is 1.97 bits per heavy atom. The Balaban J connectivity index is 0.000000470. The molecular formula is C23H44N2O7. The molecule has 0 aromatic heterocycles. The van der Waals surface area contributed by atoms with Crippen LogP contribution in [0.4, 0.5) is 4.79 Å². The fraction of sp³-hybridized carbons (Fsp3) is 0.826. The molecule has 1 amide bonds. The van der Waals surface area contributed by atoms with Gasteiger partial charge in [0.05, 0.1) is 24.9 Å². The number of nitrogens with zero attached hydrogens (tertiary/aromatic N) is 2. The molecule has 0 radical (unpaired) electrons. The van der Waals surface area contributed by atoms with Crippen molar-refractivity contribution in [1.82, 2.24) is 9.80 Å². The Bertz CT molecular complexity index is 567. The van der Waals surface area contributed by atoms with Gasteiger partial charge in [0, 0.05) is 46.3 Å². The molecule has 9 nitrogen and oxygen atoms in total. The maximum absolute atomic E-state index is 10.5. The van der Waals surface area contributed by atoms with Crippen LogP contribution in [0.15, 0.2) is 11.6 Å². The summed E-state index contributed by atoms with van der Waals surface area (Å²) >= 11 is 0. The predicted octanol–water partition coefficient (Wildman–Crippen LogP) is 2.93. The average molecular weight is 461 g/mol. The van der Waals surface area contributed by atoms with E-state index in [0.29, 0.717) is 38.2 Å². The number of aliphatic hydroxyl groups is 1. The maximum atomic E-state index is 10.5. The molecule has 3 atom stereocenters. The minimum atomic E-state index is -0.935. The van der Waals surface area contributed by atoms with E-state index in [4.69, 9.17) is 24.8 Å². The van der Waals surface area contributed by atoms with Crippen LogP contribution >= 0.6 is 0 Å². The molecule has 3 N–H and O–H groups in total. The van der Waals surface area contributed by atoms with E-state index in [1.807, 2.05) is 14.0 Å². The van der Waals surface area contributed by atoms with Crippen molar-refractivity contribution in [3.63, 3.8) is 0 Å². The second kappa shape index (κ2) is 16.0. The van der Waals surface area contributed by atoms with Crippen LogP contribution in [0.5, 0.6) is 0 Å². The van der Waals surface area contributed by atoms with Gasteiger partial charge >= 0.3 is 12.1 Å². The Morgan fingerprint density at radius 1 is 1.09 bits per heavy atom. The first kappa shape index (κ1) is 30.3. The van der Waals surface area contributed by atoms with Gasteiger partial charge in [-0.1, -0.05) is 24.5 Å². The lowest BCUT2D eigenvalue weighted by molar-refractivity contribution is -0.138. The molecule has 3 fully saturated rings. The number of hydrogen-bond acceptors (Lipinski definition) is 6. The maximum Gasteiger partial charge on any atom is 0.407 e. The van der Waals surface area contributed by atoms with Crippen molar-refractivity contribution in [2.45, 2.75) is 65.1 Å². The first-order valence-corrected chi connectivity index (χ1v) is 11.3. The van der Waals surface area contributed by atoms with Crippen LogP contribution in [0.3, 0.4) is 0 Å². The summed E-state index contributed by atoms with van der Waals surface area (Å²) in [5.41, 5.74) is 1.55. The quantitative estimate of drug-likeness (QED) is 0.432. The Labute approximate surface area is 193 Å². The number of hydrogen-bond donors (Lipinski definition) is 3. The van der Waals surface area contributed by atoms with Crippen molar-refractivity contribution in [2.75, 3.05) is 53.6 Å². The molecular weight excluding hydrogens is 416 g/mol. The topological polar surface area (TPSA) is 123 Å². The molecule has 0 aromatic carbocycles. The first-order valence-electron chi connectivity index (χ1n) is 11.3. The molecule has 1 saturated carbocycles. The number of carbonyl (C=O) groups is 2. The van der Waals surface area contributed by atoms with Crippen LogP contribution in [0.25, 0.3) is 0 Å². The third-order valence-electron chi connectivity index (χ3n) is 5.97. The molecule has 2 saturated heterocycles. The Morgan fingerprint density at radius 2 is 1.59 bits per heavy atom. The zero-order valence-electron chi connectivity index (χ0n) is 20.7. The smallest absolute Gasteiger partial charge is 0.407 e.